The summed E-state index contributed by atoms with van der Waals surface area (Å²) >= 11 is 0. The van der Waals surface area contributed by atoms with Crippen LogP contribution in [0.15, 0.2) is 53.6 Å². The van der Waals surface area contributed by atoms with Gasteiger partial charge in [0.1, 0.15) is 6.54 Å². The van der Waals surface area contributed by atoms with E-state index in [1.165, 1.54) is 4.68 Å². The predicted molar refractivity (Wildman–Crippen MR) is 123 cm³/mol. The highest BCUT2D eigenvalue weighted by molar-refractivity contribution is 5.84. The molecule has 1 fully saturated rings. The number of ether oxygens (including phenoxy) is 1. The number of likely N-dealkylation sites (tertiary alicyclic amines) is 1. The maximum Gasteiger partial charge on any atom is 0.409 e. The van der Waals surface area contributed by atoms with Crippen LogP contribution in [-0.2, 0) is 22.5 Å². The number of amides is 2. The minimum Gasteiger partial charge on any atom is -0.450 e. The van der Waals surface area contributed by atoms with Crippen molar-refractivity contribution >= 4 is 22.8 Å². The Kier molecular flexibility index (Phi) is 6.97. The molecule has 0 saturated carbocycles. The van der Waals surface area contributed by atoms with E-state index in [0.29, 0.717) is 50.0 Å². The molecule has 33 heavy (non-hydrogen) atoms. The molecule has 0 unspecified atom stereocenters. The van der Waals surface area contributed by atoms with Crippen LogP contribution in [0.3, 0.4) is 0 Å². The first kappa shape index (κ1) is 22.4. The van der Waals surface area contributed by atoms with Crippen molar-refractivity contribution in [3.63, 3.8) is 0 Å². The van der Waals surface area contributed by atoms with E-state index in [9.17, 15) is 14.4 Å². The molecule has 1 N–H and O–H groups in total. The molecule has 0 bridgehead atoms. The fourth-order valence-electron chi connectivity index (χ4n) is 4.07. The molecule has 9 heteroatoms. The molecule has 2 aromatic heterocycles. The SMILES string of the molecule is CCOC(=O)N1CCC(NC(=O)Cn2nc(Cc3cccnc3)c3ccccc3c2=O)CC1. The van der Waals surface area contributed by atoms with Gasteiger partial charge >= 0.3 is 6.09 Å². The lowest BCUT2D eigenvalue weighted by molar-refractivity contribution is -0.122. The fraction of sp³-hybridized carbons (Fsp3) is 0.375. The summed E-state index contributed by atoms with van der Waals surface area (Å²) < 4.78 is 6.26. The third-order valence-electron chi connectivity index (χ3n) is 5.72. The van der Waals surface area contributed by atoms with E-state index >= 15 is 0 Å². The minimum atomic E-state index is -0.324. The predicted octanol–water partition coefficient (Wildman–Crippen LogP) is 2.12. The maximum atomic E-state index is 13.0. The van der Waals surface area contributed by atoms with Gasteiger partial charge in [-0.3, -0.25) is 14.6 Å². The number of fused-ring (bicyclic) bond motifs is 1. The molecule has 1 saturated heterocycles. The first-order chi connectivity index (χ1) is 16.0. The third-order valence-corrected chi connectivity index (χ3v) is 5.72. The summed E-state index contributed by atoms with van der Waals surface area (Å²) in [5.41, 5.74) is 1.39. The van der Waals surface area contributed by atoms with E-state index in [1.807, 2.05) is 24.3 Å². The summed E-state index contributed by atoms with van der Waals surface area (Å²) in [4.78, 5) is 43.4. The van der Waals surface area contributed by atoms with Gasteiger partial charge in [0.15, 0.2) is 0 Å². The molecule has 2 amide bonds. The normalized spacial score (nSPS) is 14.3. The van der Waals surface area contributed by atoms with Crippen molar-refractivity contribution in [2.45, 2.75) is 38.8 Å². The molecule has 0 atom stereocenters. The first-order valence-electron chi connectivity index (χ1n) is 11.1. The zero-order valence-electron chi connectivity index (χ0n) is 18.6. The number of hydrogen-bond donors (Lipinski definition) is 1. The Morgan fingerprint density at radius 2 is 1.88 bits per heavy atom. The van der Waals surface area contributed by atoms with Crippen molar-refractivity contribution in [1.82, 2.24) is 25.0 Å². The molecular formula is C24H27N5O4. The lowest BCUT2D eigenvalue weighted by atomic mass is 10.1. The average Bonchev–Trinajstić information content (AvgIpc) is 2.83. The number of piperidine rings is 1. The summed E-state index contributed by atoms with van der Waals surface area (Å²) in [5.74, 6) is -0.276. The van der Waals surface area contributed by atoms with Crippen molar-refractivity contribution in [1.29, 1.82) is 0 Å². The molecule has 1 aliphatic heterocycles. The fourth-order valence-corrected chi connectivity index (χ4v) is 4.07. The van der Waals surface area contributed by atoms with Gasteiger partial charge in [-0.15, -0.1) is 0 Å². The Morgan fingerprint density at radius 1 is 1.12 bits per heavy atom. The number of aromatic nitrogens is 3. The van der Waals surface area contributed by atoms with E-state index in [1.54, 1.807) is 36.4 Å². The molecule has 9 nitrogen and oxygen atoms in total. The molecule has 1 aliphatic rings. The van der Waals surface area contributed by atoms with Gasteiger partial charge in [-0.2, -0.15) is 5.10 Å². The lowest BCUT2D eigenvalue weighted by Gasteiger charge is -2.31. The van der Waals surface area contributed by atoms with Gasteiger partial charge in [0.2, 0.25) is 5.91 Å². The van der Waals surface area contributed by atoms with Gasteiger partial charge in [0.05, 0.1) is 17.7 Å². The Bertz CT molecular complexity index is 1190. The van der Waals surface area contributed by atoms with E-state index in [-0.39, 0.29) is 30.1 Å². The van der Waals surface area contributed by atoms with Crippen LogP contribution in [0.4, 0.5) is 4.79 Å². The Labute approximate surface area is 191 Å². The van der Waals surface area contributed by atoms with Gasteiger partial charge < -0.3 is 15.0 Å². The highest BCUT2D eigenvalue weighted by Gasteiger charge is 2.25. The van der Waals surface area contributed by atoms with E-state index in [0.717, 1.165) is 10.9 Å². The quantitative estimate of drug-likeness (QED) is 0.618. The van der Waals surface area contributed by atoms with Crippen molar-refractivity contribution in [2.24, 2.45) is 0 Å². The standard InChI is InChI=1S/C24H27N5O4/c1-2-33-24(32)28-12-9-18(10-13-28)26-22(30)16-29-23(31)20-8-4-3-7-19(20)21(27-29)14-17-6-5-11-25-15-17/h3-8,11,15,18H,2,9-10,12-14,16H2,1H3,(H,26,30). The lowest BCUT2D eigenvalue weighted by Crippen LogP contribution is -2.47. The second-order valence-electron chi connectivity index (χ2n) is 8.02. The number of nitrogens with one attached hydrogen (secondary N) is 1. The molecule has 0 spiro atoms. The smallest absolute Gasteiger partial charge is 0.409 e. The molecule has 0 aliphatic carbocycles. The zero-order valence-corrected chi connectivity index (χ0v) is 18.6. The molecular weight excluding hydrogens is 422 g/mol. The number of rotatable bonds is 6. The largest absolute Gasteiger partial charge is 0.450 e. The van der Waals surface area contributed by atoms with Crippen LogP contribution >= 0.6 is 0 Å². The Hall–Kier alpha value is -3.75. The van der Waals surface area contributed by atoms with Crippen LogP contribution in [-0.4, -0.2) is 57.4 Å². The summed E-state index contributed by atoms with van der Waals surface area (Å²) in [5, 5.41) is 8.81. The number of carbonyl (C=O) groups excluding carboxylic acids is 2. The van der Waals surface area contributed by atoms with Crippen molar-refractivity contribution in [2.75, 3.05) is 19.7 Å². The molecule has 0 radical (unpaired) electrons. The summed E-state index contributed by atoms with van der Waals surface area (Å²) in [7, 11) is 0. The first-order valence-corrected chi connectivity index (χ1v) is 11.1. The van der Waals surface area contributed by atoms with Gasteiger partial charge in [0.25, 0.3) is 5.56 Å². The summed E-state index contributed by atoms with van der Waals surface area (Å²) in [6, 6.07) is 11.1. The van der Waals surface area contributed by atoms with E-state index in [4.69, 9.17) is 4.74 Å². The number of nitrogens with zero attached hydrogens (tertiary/aromatic N) is 4. The summed E-state index contributed by atoms with van der Waals surface area (Å²) in [6.07, 6.45) is 4.92. The molecule has 1 aromatic carbocycles. The Morgan fingerprint density at radius 3 is 2.58 bits per heavy atom. The number of pyridine rings is 1. The summed E-state index contributed by atoms with van der Waals surface area (Å²) in [6.45, 7) is 2.99. The van der Waals surface area contributed by atoms with Crippen LogP contribution in [0.5, 0.6) is 0 Å². The zero-order chi connectivity index (χ0) is 23.2. The van der Waals surface area contributed by atoms with Crippen LogP contribution in [0.25, 0.3) is 10.8 Å². The number of hydrogen-bond acceptors (Lipinski definition) is 6. The van der Waals surface area contributed by atoms with Gasteiger partial charge in [-0.25, -0.2) is 9.48 Å². The van der Waals surface area contributed by atoms with Crippen molar-refractivity contribution in [3.8, 4) is 0 Å². The molecule has 172 valence electrons. The minimum absolute atomic E-state index is 0.0609. The van der Waals surface area contributed by atoms with Crippen molar-refractivity contribution < 1.29 is 14.3 Å². The van der Waals surface area contributed by atoms with E-state index < -0.39 is 0 Å². The van der Waals surface area contributed by atoms with Crippen LogP contribution in [0.1, 0.15) is 31.0 Å². The van der Waals surface area contributed by atoms with Crippen LogP contribution in [0.2, 0.25) is 0 Å². The van der Waals surface area contributed by atoms with Crippen LogP contribution in [0, 0.1) is 0 Å². The monoisotopic (exact) mass is 449 g/mol. The Balaban J connectivity index is 1.47. The maximum absolute atomic E-state index is 13.0. The molecule has 3 heterocycles. The topological polar surface area (TPSA) is 106 Å². The number of carbonyl (C=O) groups is 2. The van der Waals surface area contributed by atoms with Gasteiger partial charge in [-0.05, 0) is 37.5 Å². The second-order valence-corrected chi connectivity index (χ2v) is 8.02. The van der Waals surface area contributed by atoms with Crippen molar-refractivity contribution in [3.05, 3.63) is 70.4 Å². The third kappa shape index (κ3) is 5.36. The molecule has 4 rings (SSSR count). The van der Waals surface area contributed by atoms with Gasteiger partial charge in [-0.1, -0.05) is 24.3 Å². The highest BCUT2D eigenvalue weighted by Crippen LogP contribution is 2.17. The highest BCUT2D eigenvalue weighted by atomic mass is 16.6. The van der Waals surface area contributed by atoms with Crippen LogP contribution < -0.4 is 10.9 Å². The average molecular weight is 450 g/mol. The number of benzene rings is 1. The van der Waals surface area contributed by atoms with E-state index in [2.05, 4.69) is 15.4 Å². The molecule has 3 aromatic rings. The van der Waals surface area contributed by atoms with Gasteiger partial charge in [0, 0.05) is 43.3 Å². The second kappa shape index (κ2) is 10.2.